The van der Waals surface area contributed by atoms with Crippen molar-refractivity contribution in [2.45, 2.75) is 39.3 Å². The molecule has 1 atom stereocenters. The van der Waals surface area contributed by atoms with Gasteiger partial charge in [-0.05, 0) is 44.0 Å². The van der Waals surface area contributed by atoms with Crippen LogP contribution < -0.4 is 5.32 Å². The summed E-state index contributed by atoms with van der Waals surface area (Å²) in [6.45, 7) is 3.66. The van der Waals surface area contributed by atoms with E-state index in [1.165, 1.54) is 11.3 Å². The zero-order chi connectivity index (χ0) is 26.9. The summed E-state index contributed by atoms with van der Waals surface area (Å²) in [7, 11) is 0. The van der Waals surface area contributed by atoms with Crippen molar-refractivity contribution in [3.8, 4) is 33.1 Å². The average Bonchev–Trinajstić information content (AvgIpc) is 3.69. The van der Waals surface area contributed by atoms with Gasteiger partial charge in [-0.1, -0.05) is 13.3 Å². The number of thiophene rings is 1. The average molecular weight is 539 g/mol. The number of ketones is 1. The van der Waals surface area contributed by atoms with Crippen molar-refractivity contribution in [2.24, 2.45) is 0 Å². The number of nitrogens with zero attached hydrogens (tertiary/aromatic N) is 5. The van der Waals surface area contributed by atoms with Crippen LogP contribution in [0.5, 0.6) is 0 Å². The highest BCUT2D eigenvalue weighted by molar-refractivity contribution is 7.17. The zero-order valence-corrected chi connectivity index (χ0v) is 22.2. The van der Waals surface area contributed by atoms with Gasteiger partial charge in [0, 0.05) is 40.2 Å². The predicted molar refractivity (Wildman–Crippen MR) is 152 cm³/mol. The number of aromatic nitrogens is 7. The summed E-state index contributed by atoms with van der Waals surface area (Å²) in [5.74, 6) is 0.616. The van der Waals surface area contributed by atoms with Crippen LogP contribution in [-0.4, -0.2) is 52.2 Å². The van der Waals surface area contributed by atoms with Gasteiger partial charge in [-0.15, -0.1) is 11.3 Å². The van der Waals surface area contributed by atoms with Gasteiger partial charge in [0.05, 0.1) is 33.9 Å². The van der Waals surface area contributed by atoms with Gasteiger partial charge in [-0.25, -0.2) is 9.97 Å². The summed E-state index contributed by atoms with van der Waals surface area (Å²) < 4.78 is 0. The molecular weight excluding hydrogens is 512 g/mol. The third kappa shape index (κ3) is 4.89. The number of aliphatic hydroxyl groups is 1. The molecule has 0 radical (unpaired) electrons. The standard InChI is InChI=1S/C28H26N8O2S/c1-3-4-5-24(38)32-18-8-16(10-29-12-18)17-9-19-26(35-36-27(19)31-11-17)28-33-21-14-30-13-20(25(21)34-28)23-7-6-22(39-23)15(2)37/h6-14,24,32,38H,3-5H2,1-2H3,(H,33,34)(H,31,35,36). The Kier molecular flexibility index (Phi) is 6.59. The molecule has 6 rings (SSSR count). The number of carbonyl (C=O) groups is 1. The van der Waals surface area contributed by atoms with Crippen LogP contribution in [0.25, 0.3) is 55.2 Å². The summed E-state index contributed by atoms with van der Waals surface area (Å²) in [5, 5.41) is 21.7. The molecule has 6 heterocycles. The van der Waals surface area contributed by atoms with Gasteiger partial charge in [-0.2, -0.15) is 5.10 Å². The summed E-state index contributed by atoms with van der Waals surface area (Å²) >= 11 is 1.42. The van der Waals surface area contributed by atoms with E-state index in [1.807, 2.05) is 24.3 Å². The van der Waals surface area contributed by atoms with E-state index in [0.717, 1.165) is 56.5 Å². The largest absolute Gasteiger partial charge is 0.374 e. The number of unbranched alkanes of at least 4 members (excludes halogenated alkanes) is 1. The molecule has 0 aromatic carbocycles. The van der Waals surface area contributed by atoms with Crippen molar-refractivity contribution >= 4 is 44.9 Å². The Labute approximate surface area is 227 Å². The third-order valence-corrected chi connectivity index (χ3v) is 7.71. The molecule has 4 N–H and O–H groups in total. The second-order valence-corrected chi connectivity index (χ2v) is 10.4. The van der Waals surface area contributed by atoms with Crippen molar-refractivity contribution in [1.29, 1.82) is 0 Å². The number of fused-ring (bicyclic) bond motifs is 2. The number of imidazole rings is 1. The first-order chi connectivity index (χ1) is 19.0. The first-order valence-electron chi connectivity index (χ1n) is 12.7. The zero-order valence-electron chi connectivity index (χ0n) is 21.4. The van der Waals surface area contributed by atoms with Gasteiger partial charge < -0.3 is 15.4 Å². The van der Waals surface area contributed by atoms with E-state index in [0.29, 0.717) is 28.5 Å². The number of nitrogens with one attached hydrogen (secondary N) is 3. The second kappa shape index (κ2) is 10.4. The van der Waals surface area contributed by atoms with Gasteiger partial charge in [0.15, 0.2) is 17.3 Å². The highest BCUT2D eigenvalue weighted by Gasteiger charge is 2.18. The van der Waals surface area contributed by atoms with Gasteiger partial charge >= 0.3 is 0 Å². The number of anilines is 1. The minimum Gasteiger partial charge on any atom is -0.374 e. The quantitative estimate of drug-likeness (QED) is 0.133. The number of pyridine rings is 3. The number of aromatic amines is 2. The van der Waals surface area contributed by atoms with E-state index in [1.54, 1.807) is 37.9 Å². The van der Waals surface area contributed by atoms with Crippen LogP contribution in [0.15, 0.2) is 55.2 Å². The lowest BCUT2D eigenvalue weighted by atomic mass is 10.1. The second-order valence-electron chi connectivity index (χ2n) is 9.35. The van der Waals surface area contributed by atoms with Gasteiger partial charge in [-0.3, -0.25) is 19.9 Å². The lowest BCUT2D eigenvalue weighted by Crippen LogP contribution is -2.18. The first-order valence-corrected chi connectivity index (χ1v) is 13.5. The minimum absolute atomic E-state index is 0.0320. The molecule has 11 heteroatoms. The maximum Gasteiger partial charge on any atom is 0.169 e. The fourth-order valence-electron chi connectivity index (χ4n) is 4.48. The smallest absolute Gasteiger partial charge is 0.169 e. The molecule has 0 saturated heterocycles. The molecule has 6 aromatic heterocycles. The van der Waals surface area contributed by atoms with Crippen LogP contribution in [0.4, 0.5) is 5.69 Å². The van der Waals surface area contributed by atoms with Crippen molar-refractivity contribution in [1.82, 2.24) is 35.1 Å². The van der Waals surface area contributed by atoms with E-state index >= 15 is 0 Å². The predicted octanol–water partition coefficient (Wildman–Crippen LogP) is 5.81. The molecule has 39 heavy (non-hydrogen) atoms. The van der Waals surface area contributed by atoms with Gasteiger partial charge in [0.25, 0.3) is 0 Å². The van der Waals surface area contributed by atoms with E-state index in [9.17, 15) is 9.90 Å². The Morgan fingerprint density at radius 3 is 2.77 bits per heavy atom. The van der Waals surface area contributed by atoms with Gasteiger partial charge in [0.2, 0.25) is 0 Å². The summed E-state index contributed by atoms with van der Waals surface area (Å²) in [5.41, 5.74) is 6.10. The number of aliphatic hydroxyl groups excluding tert-OH is 1. The molecule has 10 nitrogen and oxygen atoms in total. The Bertz CT molecular complexity index is 1800. The number of Topliss-reactive ketones (excluding diaryl/α,β-unsaturated/α-hetero) is 1. The molecule has 0 fully saturated rings. The number of carbonyl (C=O) groups excluding carboxylic acids is 1. The molecule has 0 bridgehead atoms. The molecular formula is C28H26N8O2S. The number of rotatable bonds is 9. The third-order valence-electron chi connectivity index (χ3n) is 6.49. The Morgan fingerprint density at radius 2 is 1.95 bits per heavy atom. The van der Waals surface area contributed by atoms with Crippen LogP contribution in [0.2, 0.25) is 0 Å². The van der Waals surface area contributed by atoms with E-state index in [2.05, 4.69) is 42.4 Å². The summed E-state index contributed by atoms with van der Waals surface area (Å²) in [4.78, 5) is 34.9. The van der Waals surface area contributed by atoms with Crippen LogP contribution in [0.3, 0.4) is 0 Å². The van der Waals surface area contributed by atoms with Crippen LogP contribution in [0, 0.1) is 0 Å². The van der Waals surface area contributed by atoms with E-state index in [-0.39, 0.29) is 5.78 Å². The first kappa shape index (κ1) is 24.8. The van der Waals surface area contributed by atoms with Crippen LogP contribution in [-0.2, 0) is 0 Å². The molecule has 0 aliphatic rings. The van der Waals surface area contributed by atoms with Crippen molar-refractivity contribution in [2.75, 3.05) is 5.32 Å². The van der Waals surface area contributed by atoms with Crippen molar-refractivity contribution < 1.29 is 9.90 Å². The topological polar surface area (TPSA) is 145 Å². The molecule has 0 aliphatic heterocycles. The Morgan fingerprint density at radius 1 is 1.10 bits per heavy atom. The number of H-pyrrole nitrogens is 2. The fraction of sp³-hybridized carbons (Fsp3) is 0.214. The summed E-state index contributed by atoms with van der Waals surface area (Å²) in [6.07, 6.45) is 10.7. The highest BCUT2D eigenvalue weighted by Crippen LogP contribution is 2.35. The molecule has 1 unspecified atom stereocenters. The molecule has 0 amide bonds. The monoisotopic (exact) mass is 538 g/mol. The number of hydrogen-bond acceptors (Lipinski definition) is 9. The van der Waals surface area contributed by atoms with Crippen LogP contribution in [0.1, 0.15) is 42.8 Å². The SMILES string of the molecule is CCCCC(O)Nc1cncc(-c2cnc3[nH]nc(-c4nc5c(-c6ccc(C(C)=O)s6)cncc5[nH]4)c3c2)c1. The molecule has 6 aromatic rings. The molecule has 196 valence electrons. The lowest BCUT2D eigenvalue weighted by molar-refractivity contribution is 0.102. The lowest BCUT2D eigenvalue weighted by Gasteiger charge is -2.14. The summed E-state index contributed by atoms with van der Waals surface area (Å²) in [6, 6.07) is 7.70. The molecule has 0 aliphatic carbocycles. The molecule has 0 spiro atoms. The molecule has 0 saturated carbocycles. The van der Waals surface area contributed by atoms with E-state index in [4.69, 9.17) is 4.98 Å². The van der Waals surface area contributed by atoms with Crippen LogP contribution >= 0.6 is 11.3 Å². The van der Waals surface area contributed by atoms with Crippen molar-refractivity contribution in [3.63, 3.8) is 0 Å². The Balaban J connectivity index is 1.36. The van der Waals surface area contributed by atoms with Crippen molar-refractivity contribution in [3.05, 3.63) is 60.1 Å². The maximum atomic E-state index is 11.8. The number of hydrogen-bond donors (Lipinski definition) is 4. The Hall–Kier alpha value is -4.48. The highest BCUT2D eigenvalue weighted by atomic mass is 32.1. The fourth-order valence-corrected chi connectivity index (χ4v) is 5.39. The minimum atomic E-state index is -0.626. The van der Waals surface area contributed by atoms with Gasteiger partial charge in [0.1, 0.15) is 17.4 Å². The normalized spacial score (nSPS) is 12.3. The van der Waals surface area contributed by atoms with E-state index < -0.39 is 6.23 Å². The maximum absolute atomic E-state index is 11.8.